The van der Waals surface area contributed by atoms with Crippen LogP contribution in [0.1, 0.15) is 50.7 Å². The minimum Gasteiger partial charge on any atom is -0.490 e. The van der Waals surface area contributed by atoms with Crippen molar-refractivity contribution in [3.63, 3.8) is 0 Å². The van der Waals surface area contributed by atoms with E-state index in [0.29, 0.717) is 5.92 Å². The highest BCUT2D eigenvalue weighted by Crippen LogP contribution is 2.40. The van der Waals surface area contributed by atoms with E-state index in [1.165, 1.54) is 25.7 Å². The Bertz CT molecular complexity index is 407. The maximum atomic E-state index is 10.2. The first-order chi connectivity index (χ1) is 8.74. The molecular weight excluding hydrogens is 224 g/mol. The summed E-state index contributed by atoms with van der Waals surface area (Å²) in [6, 6.07) is 7.90. The molecule has 2 aliphatic rings. The first kappa shape index (κ1) is 12.0. The molecule has 98 valence electrons. The number of hydrogen-bond acceptors (Lipinski definition) is 2. The van der Waals surface area contributed by atoms with Crippen molar-refractivity contribution in [1.82, 2.24) is 0 Å². The summed E-state index contributed by atoms with van der Waals surface area (Å²) < 4.78 is 6.12. The number of fused-ring (bicyclic) bond motifs is 1. The van der Waals surface area contributed by atoms with E-state index in [-0.39, 0.29) is 12.2 Å². The lowest BCUT2D eigenvalue weighted by Gasteiger charge is -2.37. The van der Waals surface area contributed by atoms with Crippen LogP contribution in [0, 0.1) is 11.8 Å². The summed E-state index contributed by atoms with van der Waals surface area (Å²) in [7, 11) is 0. The third-order valence-corrected chi connectivity index (χ3v) is 4.60. The van der Waals surface area contributed by atoms with Gasteiger partial charge in [-0.25, -0.2) is 0 Å². The van der Waals surface area contributed by atoms with Crippen LogP contribution < -0.4 is 4.74 Å². The Kier molecular flexibility index (Phi) is 3.29. The zero-order chi connectivity index (χ0) is 12.5. The third-order valence-electron chi connectivity index (χ3n) is 4.60. The summed E-state index contributed by atoms with van der Waals surface area (Å²) in [6.07, 6.45) is 5.74. The van der Waals surface area contributed by atoms with Crippen molar-refractivity contribution < 1.29 is 9.84 Å². The number of para-hydroxylation sites is 1. The lowest BCUT2D eigenvalue weighted by atomic mass is 9.78. The molecule has 1 heterocycles. The summed E-state index contributed by atoms with van der Waals surface area (Å²) in [5.41, 5.74) is 0.956. The maximum absolute atomic E-state index is 10.2. The van der Waals surface area contributed by atoms with Crippen LogP contribution in [0.4, 0.5) is 0 Å². The van der Waals surface area contributed by atoms with Crippen LogP contribution in [0.3, 0.4) is 0 Å². The van der Waals surface area contributed by atoms with Crippen LogP contribution in [0.2, 0.25) is 0 Å². The average molecular weight is 246 g/mol. The smallest absolute Gasteiger partial charge is 0.125 e. The Morgan fingerprint density at radius 3 is 2.61 bits per heavy atom. The lowest BCUT2D eigenvalue weighted by molar-refractivity contribution is 0.0194. The van der Waals surface area contributed by atoms with Crippen molar-refractivity contribution in [2.75, 3.05) is 0 Å². The van der Waals surface area contributed by atoms with Crippen molar-refractivity contribution >= 4 is 0 Å². The van der Waals surface area contributed by atoms with Gasteiger partial charge in [0, 0.05) is 12.0 Å². The molecule has 3 rings (SSSR count). The van der Waals surface area contributed by atoms with Crippen LogP contribution in [0.25, 0.3) is 0 Å². The highest BCUT2D eigenvalue weighted by molar-refractivity contribution is 5.37. The monoisotopic (exact) mass is 246 g/mol. The zero-order valence-electron chi connectivity index (χ0n) is 11.0. The first-order valence-corrected chi connectivity index (χ1v) is 7.17. The highest BCUT2D eigenvalue weighted by Gasteiger charge is 2.33. The number of aliphatic hydroxyl groups excluding tert-OH is 1. The van der Waals surface area contributed by atoms with E-state index < -0.39 is 0 Å². The quantitative estimate of drug-likeness (QED) is 0.818. The largest absolute Gasteiger partial charge is 0.490 e. The second kappa shape index (κ2) is 4.93. The van der Waals surface area contributed by atoms with Crippen molar-refractivity contribution in [1.29, 1.82) is 0 Å². The van der Waals surface area contributed by atoms with E-state index in [9.17, 15) is 5.11 Å². The zero-order valence-corrected chi connectivity index (χ0v) is 11.0. The Morgan fingerprint density at radius 2 is 1.83 bits per heavy atom. The van der Waals surface area contributed by atoms with Crippen molar-refractivity contribution in [3.8, 4) is 5.75 Å². The van der Waals surface area contributed by atoms with E-state index in [0.717, 1.165) is 23.7 Å². The molecule has 0 saturated heterocycles. The molecule has 1 saturated carbocycles. The minimum absolute atomic E-state index is 0.211. The van der Waals surface area contributed by atoms with Gasteiger partial charge in [-0.2, -0.15) is 0 Å². The number of benzene rings is 1. The van der Waals surface area contributed by atoms with Gasteiger partial charge in [0.25, 0.3) is 0 Å². The number of hydrogen-bond donors (Lipinski definition) is 1. The molecule has 1 unspecified atom stereocenters. The Labute approximate surface area is 109 Å². The fourth-order valence-electron chi connectivity index (χ4n) is 3.37. The van der Waals surface area contributed by atoms with Gasteiger partial charge >= 0.3 is 0 Å². The van der Waals surface area contributed by atoms with Crippen LogP contribution >= 0.6 is 0 Å². The predicted octanol–water partition coefficient (Wildman–Crippen LogP) is 3.70. The van der Waals surface area contributed by atoms with E-state index in [2.05, 4.69) is 6.92 Å². The van der Waals surface area contributed by atoms with E-state index in [4.69, 9.17) is 4.74 Å². The molecule has 0 amide bonds. The molecule has 0 spiro atoms. The highest BCUT2D eigenvalue weighted by atomic mass is 16.5. The van der Waals surface area contributed by atoms with E-state index >= 15 is 0 Å². The first-order valence-electron chi connectivity index (χ1n) is 7.17. The van der Waals surface area contributed by atoms with E-state index in [1.54, 1.807) is 0 Å². The summed E-state index contributed by atoms with van der Waals surface area (Å²) in [4.78, 5) is 0. The molecule has 2 atom stereocenters. The van der Waals surface area contributed by atoms with Gasteiger partial charge in [0.1, 0.15) is 11.9 Å². The van der Waals surface area contributed by atoms with Crippen LogP contribution in [0.15, 0.2) is 24.3 Å². The number of ether oxygens (including phenoxy) is 1. The lowest BCUT2D eigenvalue weighted by Crippen LogP contribution is -2.34. The van der Waals surface area contributed by atoms with Crippen molar-refractivity contribution in [2.24, 2.45) is 11.8 Å². The Balaban J connectivity index is 1.73. The molecular formula is C16H22O2. The van der Waals surface area contributed by atoms with Gasteiger partial charge in [-0.15, -0.1) is 0 Å². The number of aliphatic hydroxyl groups is 1. The molecule has 1 aromatic carbocycles. The molecule has 1 aliphatic heterocycles. The molecule has 0 radical (unpaired) electrons. The molecule has 0 aromatic heterocycles. The molecule has 0 bridgehead atoms. The van der Waals surface area contributed by atoms with Crippen molar-refractivity contribution in [3.05, 3.63) is 29.8 Å². The topological polar surface area (TPSA) is 29.5 Å². The molecule has 1 fully saturated rings. The molecule has 2 heteroatoms. The van der Waals surface area contributed by atoms with Gasteiger partial charge in [-0.3, -0.25) is 0 Å². The SMILES string of the molecule is CC1CCC(C2C[C@@H](O)c3ccccc3O2)CC1. The standard InChI is InChI=1S/C16H22O2/c1-11-6-8-12(9-7-11)16-10-14(17)13-4-2-3-5-15(13)18-16/h2-5,11-12,14,16-17H,6-10H2,1H3/t11?,12?,14-,16?/m1/s1. The minimum atomic E-state index is -0.348. The van der Waals surface area contributed by atoms with Gasteiger partial charge in [-0.05, 0) is 30.7 Å². The van der Waals surface area contributed by atoms with E-state index in [1.807, 2.05) is 24.3 Å². The Morgan fingerprint density at radius 1 is 1.11 bits per heavy atom. The summed E-state index contributed by atoms with van der Waals surface area (Å²) in [5, 5.41) is 10.2. The van der Waals surface area contributed by atoms with Gasteiger partial charge in [0.05, 0.1) is 6.10 Å². The molecule has 18 heavy (non-hydrogen) atoms. The molecule has 1 N–H and O–H groups in total. The average Bonchev–Trinajstić information content (AvgIpc) is 2.39. The molecule has 1 aromatic rings. The van der Waals surface area contributed by atoms with Crippen LogP contribution in [0.5, 0.6) is 5.75 Å². The second-order valence-electron chi connectivity index (χ2n) is 5.97. The Hall–Kier alpha value is -1.02. The summed E-state index contributed by atoms with van der Waals surface area (Å²) in [5.74, 6) is 2.38. The second-order valence-corrected chi connectivity index (χ2v) is 5.97. The number of rotatable bonds is 1. The molecule has 1 aliphatic carbocycles. The normalized spacial score (nSPS) is 35.7. The van der Waals surface area contributed by atoms with Gasteiger partial charge in [0.15, 0.2) is 0 Å². The van der Waals surface area contributed by atoms with Crippen molar-refractivity contribution in [2.45, 2.75) is 51.2 Å². The van der Waals surface area contributed by atoms with Crippen LogP contribution in [-0.2, 0) is 0 Å². The fraction of sp³-hybridized carbons (Fsp3) is 0.625. The molecule has 2 nitrogen and oxygen atoms in total. The van der Waals surface area contributed by atoms with Gasteiger partial charge in [-0.1, -0.05) is 38.0 Å². The summed E-state index contributed by atoms with van der Waals surface area (Å²) in [6.45, 7) is 2.34. The fourth-order valence-corrected chi connectivity index (χ4v) is 3.37. The summed E-state index contributed by atoms with van der Waals surface area (Å²) >= 11 is 0. The predicted molar refractivity (Wildman–Crippen MR) is 71.6 cm³/mol. The maximum Gasteiger partial charge on any atom is 0.125 e. The van der Waals surface area contributed by atoms with Gasteiger partial charge < -0.3 is 9.84 Å². The van der Waals surface area contributed by atoms with Gasteiger partial charge in [0.2, 0.25) is 0 Å². The third kappa shape index (κ3) is 2.26. The van der Waals surface area contributed by atoms with Crippen LogP contribution in [-0.4, -0.2) is 11.2 Å².